The molecule has 0 saturated carbocycles. The van der Waals surface area contributed by atoms with Crippen molar-refractivity contribution in [1.29, 1.82) is 0 Å². The molecule has 34 heavy (non-hydrogen) atoms. The number of hydrogen-bond acceptors (Lipinski definition) is 6. The summed E-state index contributed by atoms with van der Waals surface area (Å²) in [6, 6.07) is 15.2. The molecule has 0 radical (unpaired) electrons. The summed E-state index contributed by atoms with van der Waals surface area (Å²) < 4.78 is 47.1. The van der Waals surface area contributed by atoms with Crippen LogP contribution in [0.4, 0.5) is 13.2 Å². The highest BCUT2D eigenvalue weighted by molar-refractivity contribution is 5.85. The Bertz CT molecular complexity index is 1020. The van der Waals surface area contributed by atoms with E-state index in [2.05, 4.69) is 37.5 Å². The summed E-state index contributed by atoms with van der Waals surface area (Å²) in [7, 11) is 1.58. The van der Waals surface area contributed by atoms with Gasteiger partial charge in [0.1, 0.15) is 0 Å². The Morgan fingerprint density at radius 3 is 2.41 bits per heavy atom. The maximum Gasteiger partial charge on any atom is 0.416 e. The lowest BCUT2D eigenvalue weighted by atomic mass is 10.0. The number of piperazine rings is 1. The van der Waals surface area contributed by atoms with Crippen molar-refractivity contribution in [2.45, 2.75) is 25.3 Å². The molecule has 1 atom stereocenters. The van der Waals surface area contributed by atoms with Crippen molar-refractivity contribution < 1.29 is 17.9 Å². The van der Waals surface area contributed by atoms with Crippen molar-refractivity contribution in [3.63, 3.8) is 0 Å². The fourth-order valence-electron chi connectivity index (χ4n) is 4.17. The zero-order valence-corrected chi connectivity index (χ0v) is 19.7. The fourth-order valence-corrected chi connectivity index (χ4v) is 4.17. The normalized spacial score (nSPS) is 16.2. The number of aromatic nitrogens is 4. The Labute approximate surface area is 202 Å². The minimum Gasteiger partial charge on any atom is -0.383 e. The average molecular weight is 497 g/mol. The van der Waals surface area contributed by atoms with Gasteiger partial charge < -0.3 is 4.74 Å². The quantitative estimate of drug-likeness (QED) is 0.474. The lowest BCUT2D eigenvalue weighted by molar-refractivity contribution is -0.137. The zero-order chi connectivity index (χ0) is 23.3. The molecule has 1 aromatic heterocycles. The van der Waals surface area contributed by atoms with Gasteiger partial charge in [0.15, 0.2) is 5.82 Å². The van der Waals surface area contributed by atoms with E-state index in [1.54, 1.807) is 17.9 Å². The van der Waals surface area contributed by atoms with Crippen LogP contribution in [0.1, 0.15) is 28.6 Å². The molecule has 1 saturated heterocycles. The molecule has 1 unspecified atom stereocenters. The van der Waals surface area contributed by atoms with Crippen molar-refractivity contribution in [2.24, 2.45) is 0 Å². The smallest absolute Gasteiger partial charge is 0.383 e. The number of tetrazole rings is 1. The predicted octanol–water partition coefficient (Wildman–Crippen LogP) is 3.67. The maximum absolute atomic E-state index is 13.4. The van der Waals surface area contributed by atoms with Crippen LogP contribution >= 0.6 is 12.4 Å². The SMILES string of the molecule is COCCn1nnnc1C(c1cccc(C(F)(F)F)c1)N1CCN(Cc2ccccc2)CC1.Cl. The Morgan fingerprint density at radius 1 is 1.00 bits per heavy atom. The van der Waals surface area contributed by atoms with Crippen LogP contribution in [0.5, 0.6) is 0 Å². The van der Waals surface area contributed by atoms with E-state index in [0.29, 0.717) is 37.6 Å². The van der Waals surface area contributed by atoms with E-state index in [0.717, 1.165) is 25.7 Å². The second-order valence-corrected chi connectivity index (χ2v) is 8.08. The third-order valence-electron chi connectivity index (χ3n) is 5.86. The second-order valence-electron chi connectivity index (χ2n) is 8.08. The average Bonchev–Trinajstić information content (AvgIpc) is 3.27. The molecule has 1 aliphatic heterocycles. The summed E-state index contributed by atoms with van der Waals surface area (Å²) >= 11 is 0. The third-order valence-corrected chi connectivity index (χ3v) is 5.86. The topological polar surface area (TPSA) is 59.3 Å². The molecule has 0 amide bonds. The molecule has 0 N–H and O–H groups in total. The number of methoxy groups -OCH3 is 1. The van der Waals surface area contributed by atoms with Crippen molar-refractivity contribution >= 4 is 12.4 Å². The van der Waals surface area contributed by atoms with Gasteiger partial charge in [-0.05, 0) is 33.7 Å². The Morgan fingerprint density at radius 2 is 1.74 bits per heavy atom. The highest BCUT2D eigenvalue weighted by Gasteiger charge is 2.34. The number of ether oxygens (including phenoxy) is 1. The van der Waals surface area contributed by atoms with Crippen LogP contribution in [0.15, 0.2) is 54.6 Å². The Kier molecular flexibility index (Phi) is 9.01. The van der Waals surface area contributed by atoms with Crippen LogP contribution in [0, 0.1) is 0 Å². The molecule has 7 nitrogen and oxygen atoms in total. The molecule has 2 heterocycles. The van der Waals surface area contributed by atoms with Crippen molar-refractivity contribution in [1.82, 2.24) is 30.0 Å². The molecule has 1 aliphatic rings. The molecular formula is C23H28ClF3N6O. The first-order chi connectivity index (χ1) is 16.0. The summed E-state index contributed by atoms with van der Waals surface area (Å²) in [4.78, 5) is 4.51. The standard InChI is InChI=1S/C23H27F3N6O.ClH/c1-33-15-14-32-22(27-28-29-32)21(19-8-5-9-20(16-19)23(24,25)26)31-12-10-30(11-13-31)17-18-6-3-2-4-7-18;/h2-9,16,21H,10-15,17H2,1H3;1H. The maximum atomic E-state index is 13.4. The van der Waals surface area contributed by atoms with E-state index >= 15 is 0 Å². The van der Waals surface area contributed by atoms with E-state index < -0.39 is 17.8 Å². The van der Waals surface area contributed by atoms with Gasteiger partial charge in [-0.25, -0.2) is 4.68 Å². The van der Waals surface area contributed by atoms with Gasteiger partial charge in [0.05, 0.1) is 24.8 Å². The first-order valence-electron chi connectivity index (χ1n) is 10.9. The number of halogens is 4. The van der Waals surface area contributed by atoms with Crippen LogP contribution in [0.3, 0.4) is 0 Å². The van der Waals surface area contributed by atoms with Gasteiger partial charge in [-0.3, -0.25) is 9.80 Å². The minimum absolute atomic E-state index is 0. The van der Waals surface area contributed by atoms with Gasteiger partial charge in [0, 0.05) is 39.8 Å². The summed E-state index contributed by atoms with van der Waals surface area (Å²) in [6.07, 6.45) is -4.42. The molecule has 3 aromatic rings. The van der Waals surface area contributed by atoms with Gasteiger partial charge >= 0.3 is 6.18 Å². The summed E-state index contributed by atoms with van der Waals surface area (Å²) in [5, 5.41) is 12.1. The zero-order valence-electron chi connectivity index (χ0n) is 18.9. The van der Waals surface area contributed by atoms with Crippen molar-refractivity contribution in [3.8, 4) is 0 Å². The highest BCUT2D eigenvalue weighted by Crippen LogP contribution is 2.34. The molecular weight excluding hydrogens is 469 g/mol. The molecule has 11 heteroatoms. The van der Waals surface area contributed by atoms with Gasteiger partial charge in [-0.15, -0.1) is 17.5 Å². The van der Waals surface area contributed by atoms with E-state index in [1.165, 1.54) is 17.7 Å². The molecule has 184 valence electrons. The first kappa shape index (κ1) is 26.1. The summed E-state index contributed by atoms with van der Waals surface area (Å²) in [5.74, 6) is 0.517. The van der Waals surface area contributed by atoms with E-state index in [-0.39, 0.29) is 12.4 Å². The van der Waals surface area contributed by atoms with Crippen LogP contribution in [0.25, 0.3) is 0 Å². The molecule has 2 aromatic carbocycles. The Hall–Kier alpha value is -2.53. The van der Waals surface area contributed by atoms with Crippen molar-refractivity contribution in [2.75, 3.05) is 39.9 Å². The third kappa shape index (κ3) is 6.32. The van der Waals surface area contributed by atoms with Crippen LogP contribution < -0.4 is 0 Å². The fraction of sp³-hybridized carbons (Fsp3) is 0.435. The van der Waals surface area contributed by atoms with Gasteiger partial charge in [0.25, 0.3) is 0 Å². The van der Waals surface area contributed by atoms with Gasteiger partial charge in [-0.2, -0.15) is 13.2 Å². The number of hydrogen-bond donors (Lipinski definition) is 0. The highest BCUT2D eigenvalue weighted by atomic mass is 35.5. The molecule has 1 fully saturated rings. The Balaban J connectivity index is 0.00000324. The lowest BCUT2D eigenvalue weighted by Crippen LogP contribution is -2.48. The van der Waals surface area contributed by atoms with Crippen LogP contribution in [-0.4, -0.2) is 69.9 Å². The minimum atomic E-state index is -4.42. The summed E-state index contributed by atoms with van der Waals surface area (Å²) in [6.45, 7) is 4.62. The number of rotatable bonds is 8. The number of nitrogens with zero attached hydrogens (tertiary/aromatic N) is 6. The monoisotopic (exact) mass is 496 g/mol. The van der Waals surface area contributed by atoms with Crippen LogP contribution in [-0.2, 0) is 24.0 Å². The van der Waals surface area contributed by atoms with E-state index in [9.17, 15) is 13.2 Å². The van der Waals surface area contributed by atoms with E-state index in [1.807, 2.05) is 18.2 Å². The largest absolute Gasteiger partial charge is 0.416 e. The van der Waals surface area contributed by atoms with E-state index in [4.69, 9.17) is 4.74 Å². The molecule has 4 rings (SSSR count). The lowest BCUT2D eigenvalue weighted by Gasteiger charge is -2.39. The molecule has 0 bridgehead atoms. The van der Waals surface area contributed by atoms with Gasteiger partial charge in [0.2, 0.25) is 0 Å². The number of alkyl halides is 3. The number of benzene rings is 2. The molecule has 0 aliphatic carbocycles. The predicted molar refractivity (Wildman–Crippen MR) is 124 cm³/mol. The summed E-state index contributed by atoms with van der Waals surface area (Å²) in [5.41, 5.74) is 1.09. The second kappa shape index (κ2) is 11.7. The molecule has 0 spiro atoms. The van der Waals surface area contributed by atoms with Crippen molar-refractivity contribution in [3.05, 3.63) is 77.1 Å². The van der Waals surface area contributed by atoms with Gasteiger partial charge in [-0.1, -0.05) is 42.5 Å². The van der Waals surface area contributed by atoms with Crippen LogP contribution in [0.2, 0.25) is 0 Å². The first-order valence-corrected chi connectivity index (χ1v) is 10.9.